The summed E-state index contributed by atoms with van der Waals surface area (Å²) >= 11 is 3.42. The topological polar surface area (TPSA) is 40.6 Å². The van der Waals surface area contributed by atoms with Crippen LogP contribution in [0.25, 0.3) is 0 Å². The largest absolute Gasteiger partial charge is 0.355 e. The van der Waals surface area contributed by atoms with Gasteiger partial charge in [0.05, 0.1) is 0 Å². The Balaban J connectivity index is 2.49. The minimum absolute atomic E-state index is 0.0653. The molecule has 0 aliphatic carbocycles. The van der Waals surface area contributed by atoms with Gasteiger partial charge in [-0.05, 0) is 32.0 Å². The summed E-state index contributed by atoms with van der Waals surface area (Å²) in [6.07, 6.45) is 0.834. The van der Waals surface area contributed by atoms with Gasteiger partial charge in [0.25, 0.3) is 0 Å². The van der Waals surface area contributed by atoms with Crippen LogP contribution in [0.15, 0.2) is 22.7 Å². The van der Waals surface area contributed by atoms with Crippen LogP contribution in [-0.2, 0) is 4.79 Å². The van der Waals surface area contributed by atoms with Crippen LogP contribution >= 0.6 is 15.9 Å². The molecule has 1 aliphatic rings. The van der Waals surface area contributed by atoms with Crippen molar-refractivity contribution < 1.29 is 9.59 Å². The monoisotopic (exact) mass is 324 g/mol. The van der Waals surface area contributed by atoms with Crippen molar-refractivity contribution in [1.29, 1.82) is 0 Å². The highest BCUT2D eigenvalue weighted by Crippen LogP contribution is 2.32. The number of nitrogens with zero attached hydrogens (tertiary/aromatic N) is 2. The number of carbonyl (C=O) groups excluding carboxylic acids is 2. The van der Waals surface area contributed by atoms with Crippen molar-refractivity contribution in [3.05, 3.63) is 28.2 Å². The minimum Gasteiger partial charge on any atom is -0.355 e. The van der Waals surface area contributed by atoms with Crippen LogP contribution in [0.4, 0.5) is 5.69 Å². The average molecular weight is 325 g/mol. The molecule has 1 amide bonds. The highest BCUT2D eigenvalue weighted by atomic mass is 79.9. The molecule has 4 nitrogen and oxygen atoms in total. The summed E-state index contributed by atoms with van der Waals surface area (Å²) in [4.78, 5) is 27.2. The third-order valence-corrected chi connectivity index (χ3v) is 4.11. The molecule has 0 atom stereocenters. The van der Waals surface area contributed by atoms with Gasteiger partial charge in [-0.2, -0.15) is 0 Å². The number of rotatable bonds is 2. The van der Waals surface area contributed by atoms with E-state index in [1.807, 2.05) is 37.9 Å². The summed E-state index contributed by atoms with van der Waals surface area (Å²) in [6.45, 7) is 5.15. The molecule has 102 valence electrons. The van der Waals surface area contributed by atoms with Crippen LogP contribution in [0.2, 0.25) is 0 Å². The summed E-state index contributed by atoms with van der Waals surface area (Å²) in [7, 11) is 1.81. The van der Waals surface area contributed by atoms with Crippen LogP contribution in [0, 0.1) is 0 Å². The van der Waals surface area contributed by atoms with Crippen LogP contribution in [0.1, 0.15) is 24.2 Å². The number of piperazine rings is 1. The fourth-order valence-corrected chi connectivity index (χ4v) is 2.83. The Kier molecular flexibility index (Phi) is 3.67. The lowest BCUT2D eigenvalue weighted by Crippen LogP contribution is -2.62. The summed E-state index contributed by atoms with van der Waals surface area (Å²) in [5, 5.41) is 0. The average Bonchev–Trinajstić information content (AvgIpc) is 2.36. The van der Waals surface area contributed by atoms with Crippen LogP contribution in [0.5, 0.6) is 0 Å². The lowest BCUT2D eigenvalue weighted by atomic mass is 9.96. The van der Waals surface area contributed by atoms with E-state index in [4.69, 9.17) is 0 Å². The van der Waals surface area contributed by atoms with E-state index in [1.165, 1.54) is 0 Å². The van der Waals surface area contributed by atoms with Crippen molar-refractivity contribution in [2.45, 2.75) is 19.4 Å². The smallest absolute Gasteiger partial charge is 0.247 e. The fraction of sp³-hybridized carbons (Fsp3) is 0.429. The third-order valence-electron chi connectivity index (χ3n) is 3.61. The molecule has 1 heterocycles. The number of hydrogen-bond acceptors (Lipinski definition) is 3. The molecule has 2 rings (SSSR count). The molecule has 5 heteroatoms. The van der Waals surface area contributed by atoms with E-state index in [-0.39, 0.29) is 5.91 Å². The maximum absolute atomic E-state index is 12.3. The number of hydrogen-bond donors (Lipinski definition) is 0. The molecule has 0 radical (unpaired) electrons. The molecular formula is C14H17BrN2O2. The number of likely N-dealkylation sites (N-methyl/N-ethyl adjacent to an activating group) is 1. The molecule has 19 heavy (non-hydrogen) atoms. The van der Waals surface area contributed by atoms with Crippen molar-refractivity contribution in [2.24, 2.45) is 0 Å². The van der Waals surface area contributed by atoms with Crippen molar-refractivity contribution in [3.63, 3.8) is 0 Å². The van der Waals surface area contributed by atoms with Gasteiger partial charge in [0.2, 0.25) is 5.91 Å². The lowest BCUT2D eigenvalue weighted by Gasteiger charge is -2.46. The molecule has 1 saturated heterocycles. The zero-order valence-corrected chi connectivity index (χ0v) is 12.9. The Morgan fingerprint density at radius 2 is 2.00 bits per heavy atom. The molecule has 0 saturated carbocycles. The summed E-state index contributed by atoms with van der Waals surface area (Å²) in [6, 6.07) is 5.49. The SMILES string of the molecule is CN1CCN(c2cc(Br)ccc2C=O)C(C)(C)C1=O. The second-order valence-corrected chi connectivity index (χ2v) is 6.17. The highest BCUT2D eigenvalue weighted by Gasteiger charge is 2.41. The van der Waals surface area contributed by atoms with Gasteiger partial charge in [-0.15, -0.1) is 0 Å². The quantitative estimate of drug-likeness (QED) is 0.784. The van der Waals surface area contributed by atoms with Crippen molar-refractivity contribution in [2.75, 3.05) is 25.0 Å². The molecular weight excluding hydrogens is 308 g/mol. The normalized spacial score (nSPS) is 18.6. The van der Waals surface area contributed by atoms with Crippen LogP contribution in [0.3, 0.4) is 0 Å². The van der Waals surface area contributed by atoms with Crippen LogP contribution < -0.4 is 4.90 Å². The molecule has 0 bridgehead atoms. The molecule has 0 aromatic heterocycles. The van der Waals surface area contributed by atoms with Gasteiger partial charge in [0.15, 0.2) is 6.29 Å². The van der Waals surface area contributed by atoms with E-state index in [0.29, 0.717) is 18.7 Å². The predicted molar refractivity (Wildman–Crippen MR) is 78.6 cm³/mol. The first-order chi connectivity index (χ1) is 8.87. The Morgan fingerprint density at radius 1 is 1.32 bits per heavy atom. The molecule has 1 aliphatic heterocycles. The van der Waals surface area contributed by atoms with Gasteiger partial charge in [-0.25, -0.2) is 0 Å². The third kappa shape index (κ3) is 2.39. The van der Waals surface area contributed by atoms with E-state index >= 15 is 0 Å². The second kappa shape index (κ2) is 4.96. The van der Waals surface area contributed by atoms with E-state index in [1.54, 1.807) is 11.0 Å². The number of benzene rings is 1. The molecule has 0 N–H and O–H groups in total. The fourth-order valence-electron chi connectivity index (χ4n) is 2.49. The maximum Gasteiger partial charge on any atom is 0.247 e. The Bertz CT molecular complexity index is 528. The zero-order valence-electron chi connectivity index (χ0n) is 11.3. The Labute approximate surface area is 121 Å². The molecule has 1 aromatic carbocycles. The van der Waals surface area contributed by atoms with Gasteiger partial charge in [0.1, 0.15) is 5.54 Å². The van der Waals surface area contributed by atoms with Gasteiger partial charge in [0, 0.05) is 35.9 Å². The second-order valence-electron chi connectivity index (χ2n) is 5.26. The molecule has 1 fully saturated rings. The van der Waals surface area contributed by atoms with Crippen LogP contribution in [-0.4, -0.2) is 42.8 Å². The van der Waals surface area contributed by atoms with Gasteiger partial charge in [-0.1, -0.05) is 15.9 Å². The molecule has 0 unspecified atom stereocenters. The first-order valence-corrected chi connectivity index (χ1v) is 6.95. The number of amides is 1. The maximum atomic E-state index is 12.3. The van der Waals surface area contributed by atoms with E-state index in [2.05, 4.69) is 15.9 Å². The summed E-state index contributed by atoms with van der Waals surface area (Å²) in [5.74, 6) is 0.0653. The Morgan fingerprint density at radius 3 is 2.63 bits per heavy atom. The van der Waals surface area contributed by atoms with Crippen molar-refractivity contribution in [3.8, 4) is 0 Å². The van der Waals surface area contributed by atoms with Crippen molar-refractivity contribution >= 4 is 33.8 Å². The minimum atomic E-state index is -0.647. The first-order valence-electron chi connectivity index (χ1n) is 6.16. The van der Waals surface area contributed by atoms with E-state index in [0.717, 1.165) is 16.4 Å². The lowest BCUT2D eigenvalue weighted by molar-refractivity contribution is -0.136. The summed E-state index contributed by atoms with van der Waals surface area (Å²) in [5.41, 5.74) is 0.760. The number of halogens is 1. The number of aldehydes is 1. The predicted octanol–water partition coefficient (Wildman–Crippen LogP) is 2.32. The standard InChI is InChI=1S/C14H17BrN2O2/c1-14(2)13(19)16(3)6-7-17(14)12-8-11(15)5-4-10(12)9-18/h4-5,8-9H,6-7H2,1-3H3. The Hall–Kier alpha value is -1.36. The van der Waals surface area contributed by atoms with Crippen molar-refractivity contribution in [1.82, 2.24) is 4.90 Å². The molecule has 0 spiro atoms. The first kappa shape index (κ1) is 14.1. The number of carbonyl (C=O) groups is 2. The van der Waals surface area contributed by atoms with E-state index < -0.39 is 5.54 Å². The number of anilines is 1. The summed E-state index contributed by atoms with van der Waals surface area (Å²) < 4.78 is 0.898. The van der Waals surface area contributed by atoms with Gasteiger partial charge < -0.3 is 9.80 Å². The van der Waals surface area contributed by atoms with E-state index in [9.17, 15) is 9.59 Å². The molecule has 1 aromatic rings. The van der Waals surface area contributed by atoms with Gasteiger partial charge >= 0.3 is 0 Å². The zero-order chi connectivity index (χ0) is 14.2. The highest BCUT2D eigenvalue weighted by molar-refractivity contribution is 9.10. The van der Waals surface area contributed by atoms with Gasteiger partial charge in [-0.3, -0.25) is 9.59 Å².